The highest BCUT2D eigenvalue weighted by Crippen LogP contribution is 2.34. The van der Waals surface area contributed by atoms with E-state index in [1.165, 1.54) is 18.6 Å². The van der Waals surface area contributed by atoms with Crippen LogP contribution in [0.4, 0.5) is 5.69 Å². The number of Topliss-reactive ketones (excluding diaryl/α,β-unsaturated/α-hetero) is 1. The average molecular weight is 525 g/mol. The molecule has 1 fully saturated rings. The van der Waals surface area contributed by atoms with E-state index in [4.69, 9.17) is 9.47 Å². The molecule has 0 heterocycles. The summed E-state index contributed by atoms with van der Waals surface area (Å²) < 4.78 is 10.8. The van der Waals surface area contributed by atoms with Crippen molar-refractivity contribution in [1.29, 1.82) is 0 Å². The van der Waals surface area contributed by atoms with E-state index in [-0.39, 0.29) is 17.4 Å². The minimum atomic E-state index is -0.815. The van der Waals surface area contributed by atoms with E-state index >= 15 is 0 Å². The number of benzene rings is 2. The van der Waals surface area contributed by atoms with Gasteiger partial charge in [-0.1, -0.05) is 58.9 Å². The SMILES string of the molecule is COc1ccc(CCN(C(=O)C(C)(C)C)C(C(=O)CC2CCCCC2)c2ccc([N+](=O)[O-])cc2)cc1OC. The molecule has 0 bridgehead atoms. The van der Waals surface area contributed by atoms with Gasteiger partial charge in [0.05, 0.1) is 19.1 Å². The van der Waals surface area contributed by atoms with E-state index in [1.807, 2.05) is 39.0 Å². The van der Waals surface area contributed by atoms with Gasteiger partial charge in [-0.3, -0.25) is 19.7 Å². The highest BCUT2D eigenvalue weighted by Gasteiger charge is 2.37. The molecule has 8 heteroatoms. The van der Waals surface area contributed by atoms with Crippen molar-refractivity contribution in [2.45, 2.75) is 71.8 Å². The van der Waals surface area contributed by atoms with Gasteiger partial charge in [0, 0.05) is 30.5 Å². The van der Waals surface area contributed by atoms with E-state index in [0.717, 1.165) is 31.2 Å². The Morgan fingerprint density at radius 3 is 2.18 bits per heavy atom. The molecule has 8 nitrogen and oxygen atoms in total. The van der Waals surface area contributed by atoms with Crippen LogP contribution in [0.3, 0.4) is 0 Å². The minimum Gasteiger partial charge on any atom is -0.493 e. The molecule has 1 saturated carbocycles. The van der Waals surface area contributed by atoms with Crippen LogP contribution in [0.2, 0.25) is 0 Å². The monoisotopic (exact) mass is 524 g/mol. The lowest BCUT2D eigenvalue weighted by Crippen LogP contribution is -2.46. The zero-order valence-corrected chi connectivity index (χ0v) is 23.2. The first kappa shape index (κ1) is 29.1. The normalized spacial score (nSPS) is 15.0. The van der Waals surface area contributed by atoms with Gasteiger partial charge in [0.1, 0.15) is 6.04 Å². The summed E-state index contributed by atoms with van der Waals surface area (Å²) in [7, 11) is 3.15. The maximum Gasteiger partial charge on any atom is 0.269 e. The number of ether oxygens (including phenoxy) is 2. The Morgan fingerprint density at radius 2 is 1.63 bits per heavy atom. The van der Waals surface area contributed by atoms with E-state index in [1.54, 1.807) is 31.3 Å². The van der Waals surface area contributed by atoms with Crippen LogP contribution in [0.25, 0.3) is 0 Å². The molecule has 0 aliphatic heterocycles. The maximum atomic E-state index is 13.9. The number of amides is 1. The lowest BCUT2D eigenvalue weighted by atomic mass is 9.83. The molecule has 0 saturated heterocycles. The Hall–Kier alpha value is -3.42. The molecule has 38 heavy (non-hydrogen) atoms. The molecule has 0 aromatic heterocycles. The van der Waals surface area contributed by atoms with Gasteiger partial charge in [0.2, 0.25) is 5.91 Å². The summed E-state index contributed by atoms with van der Waals surface area (Å²) in [5.41, 5.74) is 0.769. The first-order chi connectivity index (χ1) is 18.0. The number of nitro groups is 1. The van der Waals surface area contributed by atoms with Crippen LogP contribution in [0.5, 0.6) is 11.5 Å². The van der Waals surface area contributed by atoms with Crippen molar-refractivity contribution < 1.29 is 24.0 Å². The highest BCUT2D eigenvalue weighted by atomic mass is 16.6. The number of non-ortho nitro benzene ring substituents is 1. The topological polar surface area (TPSA) is 99.0 Å². The highest BCUT2D eigenvalue weighted by molar-refractivity contribution is 5.92. The van der Waals surface area contributed by atoms with E-state index in [9.17, 15) is 19.7 Å². The lowest BCUT2D eigenvalue weighted by Gasteiger charge is -2.36. The number of carbonyl (C=O) groups excluding carboxylic acids is 2. The summed E-state index contributed by atoms with van der Waals surface area (Å²) in [5.74, 6) is 1.35. The van der Waals surface area contributed by atoms with Crippen molar-refractivity contribution in [3.63, 3.8) is 0 Å². The van der Waals surface area contributed by atoms with Crippen LogP contribution < -0.4 is 9.47 Å². The van der Waals surface area contributed by atoms with Gasteiger partial charge >= 0.3 is 0 Å². The van der Waals surface area contributed by atoms with E-state index in [2.05, 4.69) is 0 Å². The van der Waals surface area contributed by atoms with Gasteiger partial charge in [-0.05, 0) is 47.7 Å². The van der Waals surface area contributed by atoms with E-state index < -0.39 is 16.4 Å². The Kier molecular flexibility index (Phi) is 9.89. The van der Waals surface area contributed by atoms with E-state index in [0.29, 0.717) is 42.4 Å². The average Bonchev–Trinajstić information content (AvgIpc) is 2.90. The van der Waals surface area contributed by atoms with Crippen molar-refractivity contribution in [2.75, 3.05) is 20.8 Å². The quantitative estimate of drug-likeness (QED) is 0.252. The molecule has 1 unspecified atom stereocenters. The predicted octanol–water partition coefficient (Wildman–Crippen LogP) is 6.31. The van der Waals surface area contributed by atoms with Crippen LogP contribution in [0.1, 0.15) is 76.5 Å². The lowest BCUT2D eigenvalue weighted by molar-refractivity contribution is -0.384. The summed E-state index contributed by atoms with van der Waals surface area (Å²) in [6.45, 7) is 5.84. The Morgan fingerprint density at radius 1 is 1.00 bits per heavy atom. The predicted molar refractivity (Wildman–Crippen MR) is 146 cm³/mol. The molecule has 1 amide bonds. The standard InChI is InChI=1S/C30H40N2O6/c1-30(2,3)29(34)31(18-17-22-11-16-26(37-4)27(20-22)38-5)28(23-12-14-24(15-13-23)32(35)36)25(33)19-21-9-7-6-8-10-21/h11-16,20-21,28H,6-10,17-19H2,1-5H3. The number of methoxy groups -OCH3 is 2. The largest absolute Gasteiger partial charge is 0.493 e. The van der Waals surface area contributed by atoms with Gasteiger partial charge in [0.25, 0.3) is 5.69 Å². The molecule has 1 aliphatic carbocycles. The molecule has 1 aliphatic rings. The first-order valence-electron chi connectivity index (χ1n) is 13.3. The summed E-state index contributed by atoms with van der Waals surface area (Å²) in [4.78, 5) is 40.2. The third-order valence-corrected chi connectivity index (χ3v) is 7.24. The van der Waals surface area contributed by atoms with Crippen molar-refractivity contribution in [3.05, 3.63) is 63.7 Å². The van der Waals surface area contributed by atoms with Crippen molar-refractivity contribution in [3.8, 4) is 11.5 Å². The van der Waals surface area contributed by atoms with Gasteiger partial charge < -0.3 is 14.4 Å². The molecular formula is C30H40N2O6. The van der Waals surface area contributed by atoms with Crippen LogP contribution in [-0.4, -0.2) is 42.3 Å². The number of carbonyl (C=O) groups is 2. The fourth-order valence-electron chi connectivity index (χ4n) is 5.17. The Balaban J connectivity index is 1.98. The minimum absolute atomic E-state index is 0.0179. The maximum absolute atomic E-state index is 13.9. The molecule has 3 rings (SSSR count). The summed E-state index contributed by atoms with van der Waals surface area (Å²) in [6.07, 6.45) is 6.34. The number of ketones is 1. The number of hydrogen-bond donors (Lipinski definition) is 0. The first-order valence-corrected chi connectivity index (χ1v) is 13.3. The van der Waals surface area contributed by atoms with Gasteiger partial charge in [0.15, 0.2) is 17.3 Å². The fraction of sp³-hybridized carbons (Fsp3) is 0.533. The Bertz CT molecular complexity index is 1120. The number of nitro benzene ring substituents is 1. The third kappa shape index (κ3) is 7.33. The summed E-state index contributed by atoms with van der Waals surface area (Å²) in [5, 5.41) is 11.3. The second-order valence-corrected chi connectivity index (χ2v) is 11.1. The van der Waals surface area contributed by atoms with Crippen molar-refractivity contribution >= 4 is 17.4 Å². The molecule has 0 N–H and O–H groups in total. The number of nitrogens with zero attached hydrogens (tertiary/aromatic N) is 2. The van der Waals surface area contributed by atoms with Gasteiger partial charge in [-0.2, -0.15) is 0 Å². The molecule has 1 atom stereocenters. The second-order valence-electron chi connectivity index (χ2n) is 11.1. The molecule has 2 aromatic carbocycles. The van der Waals surface area contributed by atoms with Crippen LogP contribution >= 0.6 is 0 Å². The molecule has 206 valence electrons. The zero-order valence-electron chi connectivity index (χ0n) is 23.2. The molecule has 0 spiro atoms. The summed E-state index contributed by atoms with van der Waals surface area (Å²) >= 11 is 0. The van der Waals surface area contributed by atoms with Crippen LogP contribution in [0, 0.1) is 21.4 Å². The molecular weight excluding hydrogens is 484 g/mol. The molecule has 2 aromatic rings. The Labute approximate surface area is 225 Å². The summed E-state index contributed by atoms with van der Waals surface area (Å²) in [6, 6.07) is 10.8. The van der Waals surface area contributed by atoms with Crippen molar-refractivity contribution in [1.82, 2.24) is 4.90 Å². The van der Waals surface area contributed by atoms with Crippen LogP contribution in [-0.2, 0) is 16.0 Å². The number of hydrogen-bond acceptors (Lipinski definition) is 6. The second kappa shape index (κ2) is 12.9. The fourth-order valence-corrected chi connectivity index (χ4v) is 5.17. The van der Waals surface area contributed by atoms with Gasteiger partial charge in [-0.15, -0.1) is 0 Å². The van der Waals surface area contributed by atoms with Crippen molar-refractivity contribution in [2.24, 2.45) is 11.3 Å². The van der Waals surface area contributed by atoms with Crippen LogP contribution in [0.15, 0.2) is 42.5 Å². The zero-order chi connectivity index (χ0) is 27.9. The number of rotatable bonds is 11. The third-order valence-electron chi connectivity index (χ3n) is 7.24. The molecule has 0 radical (unpaired) electrons. The smallest absolute Gasteiger partial charge is 0.269 e. The van der Waals surface area contributed by atoms with Gasteiger partial charge in [-0.25, -0.2) is 0 Å².